The molecule has 14 heteroatoms. The highest BCUT2D eigenvalue weighted by molar-refractivity contribution is 7.22. The summed E-state index contributed by atoms with van der Waals surface area (Å²) in [5.74, 6) is -0.382. The van der Waals surface area contributed by atoms with Crippen molar-refractivity contribution >= 4 is 38.2 Å². The van der Waals surface area contributed by atoms with Crippen molar-refractivity contribution in [1.29, 1.82) is 0 Å². The highest BCUT2D eigenvalue weighted by Crippen LogP contribution is 2.33. The molecule has 1 amide bonds. The second kappa shape index (κ2) is 9.28. The first-order valence-corrected chi connectivity index (χ1v) is 11.2. The lowest BCUT2D eigenvalue weighted by Crippen LogP contribution is -2.15. The lowest BCUT2D eigenvalue weighted by Gasteiger charge is -2.11. The molecule has 0 saturated heterocycles. The fourth-order valence-electron chi connectivity index (χ4n) is 3.49. The topological polar surface area (TPSA) is 90.6 Å². The lowest BCUT2D eigenvalue weighted by atomic mass is 10.1. The SMILES string of the molecule is COc1ccc(-c2cc(C(F)(F)F)n3nc(C(=O)Nc4nc5ccc(OC(F)F)cc5s4)cc3n2)cc1. The number of hydrogen-bond acceptors (Lipinski definition) is 7. The number of aromatic nitrogens is 4. The maximum Gasteiger partial charge on any atom is 0.433 e. The minimum absolute atomic E-state index is 0.0299. The van der Waals surface area contributed by atoms with Crippen molar-refractivity contribution < 1.29 is 36.2 Å². The first kappa shape index (κ1) is 24.4. The molecule has 0 aliphatic heterocycles. The van der Waals surface area contributed by atoms with E-state index < -0.39 is 24.4 Å². The van der Waals surface area contributed by atoms with Crippen LogP contribution in [0.3, 0.4) is 0 Å². The van der Waals surface area contributed by atoms with Crippen LogP contribution in [0.15, 0.2) is 54.6 Å². The van der Waals surface area contributed by atoms with Gasteiger partial charge in [-0.3, -0.25) is 10.1 Å². The molecule has 5 aromatic rings. The van der Waals surface area contributed by atoms with Crippen molar-refractivity contribution in [3.63, 3.8) is 0 Å². The summed E-state index contributed by atoms with van der Waals surface area (Å²) in [7, 11) is 1.47. The predicted molar refractivity (Wildman–Crippen MR) is 124 cm³/mol. The quantitative estimate of drug-likeness (QED) is 0.273. The molecule has 0 aliphatic rings. The van der Waals surface area contributed by atoms with Crippen molar-refractivity contribution in [2.24, 2.45) is 0 Å². The van der Waals surface area contributed by atoms with E-state index >= 15 is 0 Å². The Balaban J connectivity index is 1.47. The van der Waals surface area contributed by atoms with Crippen LogP contribution >= 0.6 is 11.3 Å². The minimum Gasteiger partial charge on any atom is -0.497 e. The maximum atomic E-state index is 13.8. The fourth-order valence-corrected chi connectivity index (χ4v) is 4.38. The summed E-state index contributed by atoms with van der Waals surface area (Å²) >= 11 is 0.970. The zero-order valence-corrected chi connectivity index (χ0v) is 19.4. The Bertz CT molecular complexity index is 1620. The van der Waals surface area contributed by atoms with Gasteiger partial charge in [0.1, 0.15) is 11.5 Å². The summed E-state index contributed by atoms with van der Waals surface area (Å²) in [6.07, 6.45) is -4.78. The van der Waals surface area contributed by atoms with E-state index in [4.69, 9.17) is 4.74 Å². The number of fused-ring (bicyclic) bond motifs is 2. The third-order valence-corrected chi connectivity index (χ3v) is 6.08. The molecule has 5 rings (SSSR count). The van der Waals surface area contributed by atoms with E-state index in [0.717, 1.165) is 23.5 Å². The van der Waals surface area contributed by atoms with Crippen LogP contribution in [0.25, 0.3) is 27.1 Å². The van der Waals surface area contributed by atoms with E-state index in [2.05, 4.69) is 25.1 Å². The third-order valence-electron chi connectivity index (χ3n) is 5.14. The molecule has 0 saturated carbocycles. The molecule has 0 fully saturated rings. The molecule has 0 aliphatic carbocycles. The van der Waals surface area contributed by atoms with Gasteiger partial charge in [-0.1, -0.05) is 11.3 Å². The second-order valence-corrected chi connectivity index (χ2v) is 8.56. The first-order valence-electron chi connectivity index (χ1n) is 10.4. The number of anilines is 1. The molecule has 3 heterocycles. The van der Waals surface area contributed by atoms with Gasteiger partial charge in [0, 0.05) is 11.6 Å². The van der Waals surface area contributed by atoms with Crippen molar-refractivity contribution in [1.82, 2.24) is 19.6 Å². The Kier molecular flexibility index (Phi) is 6.11. The number of amides is 1. The number of nitrogens with one attached hydrogen (secondary N) is 1. The highest BCUT2D eigenvalue weighted by Gasteiger charge is 2.35. The number of carbonyl (C=O) groups excluding carboxylic acids is 1. The number of halogens is 5. The number of methoxy groups -OCH3 is 1. The number of carbonyl (C=O) groups is 1. The van der Waals surface area contributed by atoms with Gasteiger partial charge in [-0.15, -0.1) is 0 Å². The molecule has 8 nitrogen and oxygen atoms in total. The normalized spacial score (nSPS) is 11.9. The number of ether oxygens (including phenoxy) is 2. The Labute approximate surface area is 208 Å². The van der Waals surface area contributed by atoms with E-state index in [1.165, 1.54) is 25.3 Å². The number of alkyl halides is 5. The summed E-state index contributed by atoms with van der Waals surface area (Å²) in [6, 6.07) is 12.3. The van der Waals surface area contributed by atoms with Gasteiger partial charge in [-0.2, -0.15) is 27.1 Å². The smallest absolute Gasteiger partial charge is 0.433 e. The molecule has 0 radical (unpaired) electrons. The minimum atomic E-state index is -4.78. The Hall–Kier alpha value is -4.33. The Morgan fingerprint density at radius 1 is 1.03 bits per heavy atom. The summed E-state index contributed by atoms with van der Waals surface area (Å²) in [5.41, 5.74) is -0.793. The molecular weight excluding hydrogens is 521 g/mol. The van der Waals surface area contributed by atoms with Gasteiger partial charge in [-0.25, -0.2) is 14.5 Å². The van der Waals surface area contributed by atoms with Crippen LogP contribution in [0, 0.1) is 0 Å². The predicted octanol–water partition coefficient (Wildman–Crippen LogP) is 5.89. The average molecular weight is 535 g/mol. The van der Waals surface area contributed by atoms with Crippen molar-refractivity contribution in [2.75, 3.05) is 12.4 Å². The van der Waals surface area contributed by atoms with Gasteiger partial charge in [0.15, 0.2) is 22.2 Å². The number of rotatable bonds is 6. The molecule has 3 aromatic heterocycles. The Morgan fingerprint density at radius 2 is 1.76 bits per heavy atom. The van der Waals surface area contributed by atoms with E-state index in [-0.39, 0.29) is 27.9 Å². The molecule has 0 atom stereocenters. The van der Waals surface area contributed by atoms with Crippen molar-refractivity contribution in [3.8, 4) is 22.8 Å². The van der Waals surface area contributed by atoms with Gasteiger partial charge in [0.25, 0.3) is 5.91 Å². The Morgan fingerprint density at radius 3 is 2.43 bits per heavy atom. The molecule has 37 heavy (non-hydrogen) atoms. The summed E-state index contributed by atoms with van der Waals surface area (Å²) in [5, 5.41) is 6.37. The standard InChI is InChI=1S/C23H14F5N5O3S/c1-35-12-4-2-11(3-5-12)15-9-18(23(26,27)28)33-19(29-15)10-16(32-33)20(34)31-22-30-14-7-6-13(36-21(24)25)8-17(14)37-22/h2-10,21H,1H3,(H,30,31,34). The average Bonchev–Trinajstić information content (AvgIpc) is 3.45. The monoisotopic (exact) mass is 535 g/mol. The van der Waals surface area contributed by atoms with Crippen LogP contribution in [0.4, 0.5) is 27.1 Å². The van der Waals surface area contributed by atoms with Crippen LogP contribution in [0.1, 0.15) is 16.2 Å². The molecule has 0 spiro atoms. The highest BCUT2D eigenvalue weighted by atomic mass is 32.1. The van der Waals surface area contributed by atoms with Gasteiger partial charge in [0.2, 0.25) is 0 Å². The number of hydrogen-bond donors (Lipinski definition) is 1. The van der Waals surface area contributed by atoms with Gasteiger partial charge >= 0.3 is 12.8 Å². The van der Waals surface area contributed by atoms with Gasteiger partial charge in [-0.05, 0) is 48.5 Å². The molecule has 0 unspecified atom stereocenters. The second-order valence-electron chi connectivity index (χ2n) is 7.53. The molecule has 2 aromatic carbocycles. The summed E-state index contributed by atoms with van der Waals surface area (Å²) in [4.78, 5) is 21.2. The van der Waals surface area contributed by atoms with Crippen LogP contribution in [0.5, 0.6) is 11.5 Å². The molecule has 1 N–H and O–H groups in total. The maximum absolute atomic E-state index is 13.8. The number of nitrogens with zero attached hydrogens (tertiary/aromatic N) is 4. The van der Waals surface area contributed by atoms with Crippen LogP contribution in [0.2, 0.25) is 0 Å². The summed E-state index contributed by atoms with van der Waals surface area (Å²) < 4.78 is 76.9. The van der Waals surface area contributed by atoms with Crippen molar-refractivity contribution in [3.05, 3.63) is 66.0 Å². The molecule has 190 valence electrons. The number of benzene rings is 2. The van der Waals surface area contributed by atoms with Crippen LogP contribution in [-0.4, -0.2) is 39.2 Å². The third kappa shape index (κ3) is 5.00. The molecular formula is C23H14F5N5O3S. The first-order chi connectivity index (χ1) is 17.6. The zero-order valence-electron chi connectivity index (χ0n) is 18.6. The van der Waals surface area contributed by atoms with Crippen LogP contribution in [-0.2, 0) is 6.18 Å². The molecule has 0 bridgehead atoms. The van der Waals surface area contributed by atoms with Crippen molar-refractivity contribution in [2.45, 2.75) is 12.8 Å². The lowest BCUT2D eigenvalue weighted by molar-refractivity contribution is -0.142. The van der Waals surface area contributed by atoms with E-state index in [1.54, 1.807) is 24.3 Å². The van der Waals surface area contributed by atoms with E-state index in [1.807, 2.05) is 0 Å². The largest absolute Gasteiger partial charge is 0.497 e. The van der Waals surface area contributed by atoms with E-state index in [0.29, 0.717) is 26.0 Å². The summed E-state index contributed by atoms with van der Waals surface area (Å²) in [6.45, 7) is -3.00. The number of thiazole rings is 1. The van der Waals surface area contributed by atoms with Gasteiger partial charge < -0.3 is 9.47 Å². The fraction of sp³-hybridized carbons (Fsp3) is 0.130. The zero-order chi connectivity index (χ0) is 26.3. The van der Waals surface area contributed by atoms with Crippen LogP contribution < -0.4 is 14.8 Å². The van der Waals surface area contributed by atoms with Gasteiger partial charge in [0.05, 0.1) is 23.0 Å². The van der Waals surface area contributed by atoms with E-state index in [9.17, 15) is 26.7 Å².